The molecule has 2 N–H and O–H groups in total. The van der Waals surface area contributed by atoms with Crippen LogP contribution in [0.4, 0.5) is 0 Å². The molecule has 0 aliphatic heterocycles. The Balaban J connectivity index is 2.43. The second kappa shape index (κ2) is 4.38. The van der Waals surface area contributed by atoms with Gasteiger partial charge < -0.3 is 10.2 Å². The van der Waals surface area contributed by atoms with Crippen molar-refractivity contribution in [2.45, 2.75) is 33.7 Å². The van der Waals surface area contributed by atoms with Gasteiger partial charge in [0.15, 0.2) is 0 Å². The molecule has 1 aromatic heterocycles. The Morgan fingerprint density at radius 1 is 0.941 bits per heavy atom. The molecule has 90 valence electrons. The largest absolute Gasteiger partial charge is 0.466 e. The molecule has 1 heterocycles. The van der Waals surface area contributed by atoms with Crippen LogP contribution in [0.5, 0.6) is 0 Å². The average Bonchev–Trinajstić information content (AvgIpc) is 2.55. The van der Waals surface area contributed by atoms with Crippen molar-refractivity contribution in [3.63, 3.8) is 0 Å². The number of hydrogen-bond acceptors (Lipinski definition) is 2. The number of nitrogens with two attached hydrogens (primary N) is 1. The summed E-state index contributed by atoms with van der Waals surface area (Å²) in [6.07, 6.45) is 0. The van der Waals surface area contributed by atoms with Gasteiger partial charge in [0.25, 0.3) is 0 Å². The topological polar surface area (TPSA) is 39.2 Å². The van der Waals surface area contributed by atoms with Crippen LogP contribution >= 0.6 is 0 Å². The summed E-state index contributed by atoms with van der Waals surface area (Å²) in [5.74, 6) is 1.83. The molecule has 1 atom stereocenters. The van der Waals surface area contributed by atoms with E-state index in [1.807, 2.05) is 19.9 Å². The first kappa shape index (κ1) is 11.9. The molecule has 0 aliphatic carbocycles. The van der Waals surface area contributed by atoms with Crippen molar-refractivity contribution in [3.8, 4) is 0 Å². The second-order valence-electron chi connectivity index (χ2n) is 4.77. The Kier molecular flexibility index (Phi) is 3.07. The lowest BCUT2D eigenvalue weighted by Gasteiger charge is -2.13. The molecule has 0 fully saturated rings. The maximum absolute atomic E-state index is 6.31. The van der Waals surface area contributed by atoms with Crippen LogP contribution in [0.2, 0.25) is 0 Å². The van der Waals surface area contributed by atoms with Gasteiger partial charge >= 0.3 is 0 Å². The molecular weight excluding hydrogens is 210 g/mol. The minimum atomic E-state index is -0.106. The predicted molar refractivity (Wildman–Crippen MR) is 70.1 cm³/mol. The van der Waals surface area contributed by atoms with E-state index in [9.17, 15) is 0 Å². The van der Waals surface area contributed by atoms with Crippen molar-refractivity contribution in [3.05, 3.63) is 58.0 Å². The maximum Gasteiger partial charge on any atom is 0.106 e. The van der Waals surface area contributed by atoms with Crippen molar-refractivity contribution in [1.82, 2.24) is 0 Å². The lowest BCUT2D eigenvalue weighted by molar-refractivity contribution is 0.499. The van der Waals surface area contributed by atoms with E-state index in [-0.39, 0.29) is 6.04 Å². The van der Waals surface area contributed by atoms with Crippen LogP contribution in [0.15, 0.2) is 28.7 Å². The summed E-state index contributed by atoms with van der Waals surface area (Å²) < 4.78 is 5.54. The molecule has 0 amide bonds. The van der Waals surface area contributed by atoms with Gasteiger partial charge in [-0.05, 0) is 39.3 Å². The molecule has 17 heavy (non-hydrogen) atoms. The molecule has 1 aromatic carbocycles. The number of benzene rings is 1. The quantitative estimate of drug-likeness (QED) is 0.855. The summed E-state index contributed by atoms with van der Waals surface area (Å²) in [7, 11) is 0. The highest BCUT2D eigenvalue weighted by Gasteiger charge is 2.15. The predicted octanol–water partition coefficient (Wildman–Crippen LogP) is 3.56. The Bertz CT molecular complexity index is 520. The highest BCUT2D eigenvalue weighted by molar-refractivity contribution is 5.38. The highest BCUT2D eigenvalue weighted by atomic mass is 16.3. The first-order valence-electron chi connectivity index (χ1n) is 5.88. The number of aryl methyl sites for hydroxylation is 4. The van der Waals surface area contributed by atoms with Crippen LogP contribution in [-0.4, -0.2) is 0 Å². The van der Waals surface area contributed by atoms with Crippen LogP contribution in [0.1, 0.15) is 39.8 Å². The molecule has 0 aliphatic rings. The Labute approximate surface area is 102 Å². The molecule has 2 nitrogen and oxygen atoms in total. The number of hydrogen-bond donors (Lipinski definition) is 1. The molecule has 2 rings (SSSR count). The fraction of sp³-hybridized carbons (Fsp3) is 0.333. The van der Waals surface area contributed by atoms with Gasteiger partial charge in [-0.25, -0.2) is 0 Å². The van der Waals surface area contributed by atoms with Crippen molar-refractivity contribution in [2.75, 3.05) is 0 Å². The zero-order chi connectivity index (χ0) is 12.6. The maximum atomic E-state index is 6.31. The van der Waals surface area contributed by atoms with Crippen LogP contribution in [0.25, 0.3) is 0 Å². The van der Waals surface area contributed by atoms with Gasteiger partial charge in [-0.1, -0.05) is 29.3 Å². The van der Waals surface area contributed by atoms with Gasteiger partial charge in [-0.3, -0.25) is 0 Å². The van der Waals surface area contributed by atoms with E-state index in [1.165, 1.54) is 11.1 Å². The molecule has 1 unspecified atom stereocenters. The summed E-state index contributed by atoms with van der Waals surface area (Å²) in [5.41, 5.74) is 11.0. The smallest absolute Gasteiger partial charge is 0.106 e. The van der Waals surface area contributed by atoms with Crippen LogP contribution in [0.3, 0.4) is 0 Å². The van der Waals surface area contributed by atoms with Gasteiger partial charge in [0.2, 0.25) is 0 Å². The third-order valence-corrected chi connectivity index (χ3v) is 3.02. The van der Waals surface area contributed by atoms with E-state index < -0.39 is 0 Å². The lowest BCUT2D eigenvalue weighted by atomic mass is 9.96. The minimum absolute atomic E-state index is 0.106. The molecular formula is C15H19NO. The van der Waals surface area contributed by atoms with Gasteiger partial charge in [0, 0.05) is 5.56 Å². The monoisotopic (exact) mass is 229 g/mol. The molecule has 0 spiro atoms. The second-order valence-corrected chi connectivity index (χ2v) is 4.77. The average molecular weight is 229 g/mol. The highest BCUT2D eigenvalue weighted by Crippen LogP contribution is 2.26. The van der Waals surface area contributed by atoms with Crippen molar-refractivity contribution in [1.29, 1.82) is 0 Å². The summed E-state index contributed by atoms with van der Waals surface area (Å²) in [5, 5.41) is 0. The first-order valence-corrected chi connectivity index (χ1v) is 5.88. The van der Waals surface area contributed by atoms with Crippen LogP contribution in [0, 0.1) is 27.7 Å². The normalized spacial score (nSPS) is 12.8. The molecule has 0 saturated heterocycles. The van der Waals surface area contributed by atoms with E-state index in [4.69, 9.17) is 10.2 Å². The molecule has 0 radical (unpaired) electrons. The minimum Gasteiger partial charge on any atom is -0.466 e. The van der Waals surface area contributed by atoms with Gasteiger partial charge in [0.1, 0.15) is 11.5 Å². The van der Waals surface area contributed by atoms with Crippen molar-refractivity contribution < 1.29 is 4.42 Å². The van der Waals surface area contributed by atoms with Gasteiger partial charge in [-0.15, -0.1) is 0 Å². The van der Waals surface area contributed by atoms with Crippen molar-refractivity contribution >= 4 is 0 Å². The summed E-state index contributed by atoms with van der Waals surface area (Å²) in [6.45, 7) is 8.10. The summed E-state index contributed by atoms with van der Waals surface area (Å²) in [6, 6.07) is 8.35. The third-order valence-electron chi connectivity index (χ3n) is 3.02. The fourth-order valence-corrected chi connectivity index (χ4v) is 2.33. The van der Waals surface area contributed by atoms with E-state index >= 15 is 0 Å². The Morgan fingerprint density at radius 2 is 1.53 bits per heavy atom. The third kappa shape index (κ3) is 2.42. The Hall–Kier alpha value is -1.54. The molecule has 2 heteroatoms. The van der Waals surface area contributed by atoms with Gasteiger partial charge in [-0.2, -0.15) is 0 Å². The van der Waals surface area contributed by atoms with Crippen LogP contribution in [-0.2, 0) is 0 Å². The zero-order valence-corrected chi connectivity index (χ0v) is 10.9. The first-order chi connectivity index (χ1) is 7.97. The molecule has 0 bridgehead atoms. The fourth-order valence-electron chi connectivity index (χ4n) is 2.33. The SMILES string of the molecule is Cc1cc(C)cc(C(N)c2cc(C)oc2C)c1. The molecule has 0 saturated carbocycles. The van der Waals surface area contributed by atoms with E-state index in [1.54, 1.807) is 0 Å². The van der Waals surface area contributed by atoms with E-state index in [2.05, 4.69) is 32.0 Å². The zero-order valence-electron chi connectivity index (χ0n) is 10.9. The number of rotatable bonds is 2. The summed E-state index contributed by atoms with van der Waals surface area (Å²) >= 11 is 0. The standard InChI is InChI=1S/C15H19NO/c1-9-5-10(2)7-13(6-9)15(16)14-8-11(3)17-12(14)4/h5-8,15H,16H2,1-4H3. The lowest BCUT2D eigenvalue weighted by Crippen LogP contribution is -2.12. The number of furan rings is 1. The van der Waals surface area contributed by atoms with E-state index in [0.717, 1.165) is 22.6 Å². The summed E-state index contributed by atoms with van der Waals surface area (Å²) in [4.78, 5) is 0. The Morgan fingerprint density at radius 3 is 2.00 bits per heavy atom. The molecule has 2 aromatic rings. The van der Waals surface area contributed by atoms with Crippen LogP contribution < -0.4 is 5.73 Å². The van der Waals surface area contributed by atoms with Gasteiger partial charge in [0.05, 0.1) is 6.04 Å². The van der Waals surface area contributed by atoms with Crippen molar-refractivity contribution in [2.24, 2.45) is 5.73 Å². The van der Waals surface area contributed by atoms with E-state index in [0.29, 0.717) is 0 Å².